The summed E-state index contributed by atoms with van der Waals surface area (Å²) in [5.41, 5.74) is 0.398. The molecule has 2 heterocycles. The monoisotopic (exact) mass is 349 g/mol. The first kappa shape index (κ1) is 19.0. The van der Waals surface area contributed by atoms with Crippen molar-refractivity contribution < 1.29 is 19.1 Å². The van der Waals surface area contributed by atoms with Crippen molar-refractivity contribution >= 4 is 17.8 Å². The molecule has 1 aromatic rings. The highest BCUT2D eigenvalue weighted by Gasteiger charge is 2.26. The molecule has 2 rings (SSSR count). The summed E-state index contributed by atoms with van der Waals surface area (Å²) in [4.78, 5) is 40.3. The second-order valence-corrected chi connectivity index (χ2v) is 7.50. The van der Waals surface area contributed by atoms with Crippen LogP contribution in [-0.4, -0.2) is 52.9 Å². The summed E-state index contributed by atoms with van der Waals surface area (Å²) in [6.07, 6.45) is 2.95. The molecule has 1 aliphatic heterocycles. The van der Waals surface area contributed by atoms with E-state index in [4.69, 9.17) is 4.74 Å². The van der Waals surface area contributed by atoms with E-state index in [1.807, 2.05) is 20.8 Å². The largest absolute Gasteiger partial charge is 0.444 e. The molecular weight excluding hydrogens is 322 g/mol. The molecule has 0 spiro atoms. The third kappa shape index (κ3) is 5.62. The highest BCUT2D eigenvalue weighted by atomic mass is 16.6. The molecule has 1 saturated heterocycles. The van der Waals surface area contributed by atoms with Crippen molar-refractivity contribution in [1.82, 2.24) is 15.2 Å². The van der Waals surface area contributed by atoms with Crippen molar-refractivity contribution in [3.05, 3.63) is 23.5 Å². The van der Waals surface area contributed by atoms with E-state index in [1.165, 1.54) is 6.92 Å². The smallest absolute Gasteiger partial charge is 0.407 e. The number of H-pyrrole nitrogens is 1. The predicted octanol–water partition coefficient (Wildman–Crippen LogP) is 2.59. The van der Waals surface area contributed by atoms with Crippen LogP contribution in [0.15, 0.2) is 12.3 Å². The average Bonchev–Trinajstić information content (AvgIpc) is 3.01. The highest BCUT2D eigenvalue weighted by molar-refractivity contribution is 5.99. The van der Waals surface area contributed by atoms with E-state index in [-0.39, 0.29) is 17.6 Å². The summed E-state index contributed by atoms with van der Waals surface area (Å²) in [6.45, 7) is 8.65. The number of aromatic amines is 1. The summed E-state index contributed by atoms with van der Waals surface area (Å²) in [6, 6.07) is 1.59. The molecule has 1 aromatic heterocycles. The third-order valence-corrected chi connectivity index (χ3v) is 4.06. The molecule has 7 heteroatoms. The van der Waals surface area contributed by atoms with E-state index < -0.39 is 11.7 Å². The summed E-state index contributed by atoms with van der Waals surface area (Å²) < 4.78 is 5.23. The van der Waals surface area contributed by atoms with Crippen LogP contribution >= 0.6 is 0 Å². The van der Waals surface area contributed by atoms with Crippen LogP contribution in [0.1, 0.15) is 61.4 Å². The van der Waals surface area contributed by atoms with Gasteiger partial charge in [0.2, 0.25) is 0 Å². The van der Waals surface area contributed by atoms with Gasteiger partial charge in [-0.3, -0.25) is 9.59 Å². The fourth-order valence-electron chi connectivity index (χ4n) is 2.85. The number of likely N-dealkylation sites (tertiary alicyclic amines) is 1. The quantitative estimate of drug-likeness (QED) is 0.817. The number of piperidine rings is 1. The number of nitrogens with zero attached hydrogens (tertiary/aromatic N) is 1. The first-order valence-corrected chi connectivity index (χ1v) is 8.61. The topological polar surface area (TPSA) is 91.5 Å². The number of hydrogen-bond acceptors (Lipinski definition) is 4. The van der Waals surface area contributed by atoms with Crippen molar-refractivity contribution in [3.8, 4) is 0 Å². The number of carbonyl (C=O) groups excluding carboxylic acids is 3. The molecule has 25 heavy (non-hydrogen) atoms. The number of ether oxygens (including phenoxy) is 1. The van der Waals surface area contributed by atoms with Gasteiger partial charge in [-0.1, -0.05) is 0 Å². The predicted molar refractivity (Wildman–Crippen MR) is 93.7 cm³/mol. The van der Waals surface area contributed by atoms with Crippen molar-refractivity contribution in [2.45, 2.75) is 46.1 Å². The minimum absolute atomic E-state index is 0.0756. The second kappa shape index (κ2) is 7.72. The summed E-state index contributed by atoms with van der Waals surface area (Å²) in [7, 11) is 0. The lowest BCUT2D eigenvalue weighted by Crippen LogP contribution is -2.44. The minimum atomic E-state index is -0.527. The molecule has 7 nitrogen and oxygen atoms in total. The summed E-state index contributed by atoms with van der Waals surface area (Å²) in [5.74, 6) is -0.00434. The number of alkyl carbamates (subject to hydrolysis) is 1. The van der Waals surface area contributed by atoms with Crippen LogP contribution in [0, 0.1) is 5.92 Å². The summed E-state index contributed by atoms with van der Waals surface area (Å²) in [5, 5.41) is 2.78. The Hall–Kier alpha value is -2.31. The van der Waals surface area contributed by atoms with Crippen LogP contribution in [0.2, 0.25) is 0 Å². The molecule has 1 fully saturated rings. The zero-order valence-corrected chi connectivity index (χ0v) is 15.3. The van der Waals surface area contributed by atoms with Gasteiger partial charge in [0.25, 0.3) is 5.91 Å². The van der Waals surface area contributed by atoms with Crippen LogP contribution in [0.4, 0.5) is 4.79 Å². The maximum absolute atomic E-state index is 12.6. The summed E-state index contributed by atoms with van der Waals surface area (Å²) >= 11 is 0. The number of Topliss-reactive ketones (excluding diaryl/α,β-unsaturated/α-hetero) is 1. The Bertz CT molecular complexity index is 645. The standard InChI is InChI=1S/C18H27N3O4/c1-12(22)14-8-15(19-10-14)16(23)21-7-5-6-13(11-21)9-20-17(24)25-18(2,3)4/h8,10,13,19H,5-7,9,11H2,1-4H3,(H,20,24)/t13-/m1/s1. The number of nitrogens with one attached hydrogen (secondary N) is 2. The van der Waals surface area contributed by atoms with E-state index >= 15 is 0 Å². The fraction of sp³-hybridized carbons (Fsp3) is 0.611. The van der Waals surface area contributed by atoms with Crippen LogP contribution in [-0.2, 0) is 4.74 Å². The Kier molecular flexibility index (Phi) is 5.87. The van der Waals surface area contributed by atoms with E-state index in [0.29, 0.717) is 30.9 Å². The van der Waals surface area contributed by atoms with Gasteiger partial charge in [0.1, 0.15) is 11.3 Å². The van der Waals surface area contributed by atoms with Gasteiger partial charge in [-0.15, -0.1) is 0 Å². The Balaban J connectivity index is 1.88. The normalized spacial score (nSPS) is 17.9. The van der Waals surface area contributed by atoms with Gasteiger partial charge >= 0.3 is 6.09 Å². The molecule has 138 valence electrons. The second-order valence-electron chi connectivity index (χ2n) is 7.50. The van der Waals surface area contributed by atoms with Gasteiger partial charge in [0, 0.05) is 31.4 Å². The number of rotatable bonds is 4. The Morgan fingerprint density at radius 1 is 1.36 bits per heavy atom. The molecule has 1 atom stereocenters. The van der Waals surface area contributed by atoms with Crippen LogP contribution in [0.25, 0.3) is 0 Å². The first-order chi connectivity index (χ1) is 11.7. The molecule has 1 aliphatic rings. The van der Waals surface area contributed by atoms with Gasteiger partial charge in [-0.2, -0.15) is 0 Å². The average molecular weight is 349 g/mol. The fourth-order valence-corrected chi connectivity index (χ4v) is 2.85. The molecule has 2 N–H and O–H groups in total. The van der Waals surface area contributed by atoms with E-state index in [2.05, 4.69) is 10.3 Å². The molecule has 0 aliphatic carbocycles. The van der Waals surface area contributed by atoms with Crippen molar-refractivity contribution in [1.29, 1.82) is 0 Å². The van der Waals surface area contributed by atoms with Gasteiger partial charge in [-0.25, -0.2) is 4.79 Å². The maximum Gasteiger partial charge on any atom is 0.407 e. The highest BCUT2D eigenvalue weighted by Crippen LogP contribution is 2.18. The molecule has 0 bridgehead atoms. The van der Waals surface area contributed by atoms with E-state index in [1.54, 1.807) is 17.2 Å². The Morgan fingerprint density at radius 2 is 2.08 bits per heavy atom. The van der Waals surface area contributed by atoms with Gasteiger partial charge in [-0.05, 0) is 52.5 Å². The Labute approximate surface area is 148 Å². The molecule has 0 aromatic carbocycles. The first-order valence-electron chi connectivity index (χ1n) is 8.61. The number of hydrogen-bond donors (Lipinski definition) is 2. The maximum atomic E-state index is 12.6. The number of amides is 2. The van der Waals surface area contributed by atoms with Gasteiger partial charge in [0.05, 0.1) is 0 Å². The van der Waals surface area contributed by atoms with Gasteiger partial charge in [0.15, 0.2) is 5.78 Å². The lowest BCUT2D eigenvalue weighted by atomic mass is 9.97. The van der Waals surface area contributed by atoms with E-state index in [0.717, 1.165) is 12.8 Å². The lowest BCUT2D eigenvalue weighted by molar-refractivity contribution is 0.0502. The van der Waals surface area contributed by atoms with Crippen molar-refractivity contribution in [2.24, 2.45) is 5.92 Å². The van der Waals surface area contributed by atoms with Crippen molar-refractivity contribution in [3.63, 3.8) is 0 Å². The number of ketones is 1. The van der Waals surface area contributed by atoms with Crippen molar-refractivity contribution in [2.75, 3.05) is 19.6 Å². The van der Waals surface area contributed by atoms with E-state index in [9.17, 15) is 14.4 Å². The molecule has 0 unspecified atom stereocenters. The molecule has 2 amide bonds. The van der Waals surface area contributed by atoms with Gasteiger partial charge < -0.3 is 19.9 Å². The molecule has 0 saturated carbocycles. The zero-order valence-electron chi connectivity index (χ0n) is 15.3. The Morgan fingerprint density at radius 3 is 2.68 bits per heavy atom. The zero-order chi connectivity index (χ0) is 18.6. The molecule has 0 radical (unpaired) electrons. The van der Waals surface area contributed by atoms with Crippen LogP contribution in [0.3, 0.4) is 0 Å². The molecular formula is C18H27N3O4. The minimum Gasteiger partial charge on any atom is -0.444 e. The third-order valence-electron chi connectivity index (χ3n) is 4.06. The lowest BCUT2D eigenvalue weighted by Gasteiger charge is -2.32. The SMILES string of the molecule is CC(=O)c1c[nH]c(C(=O)N2CCC[C@H](CNC(=O)OC(C)(C)C)C2)c1. The number of carbonyl (C=O) groups is 3. The van der Waals surface area contributed by atoms with Crippen LogP contribution in [0.5, 0.6) is 0 Å². The number of aromatic nitrogens is 1. The van der Waals surface area contributed by atoms with Crippen LogP contribution < -0.4 is 5.32 Å².